The fourth-order valence-electron chi connectivity index (χ4n) is 2.23. The molecule has 0 radical (unpaired) electrons. The molecule has 1 atom stereocenters. The number of rotatable bonds is 5. The molecule has 4 heteroatoms. The van der Waals surface area contributed by atoms with Gasteiger partial charge in [-0.1, -0.05) is 24.1 Å². The van der Waals surface area contributed by atoms with Crippen LogP contribution in [0.1, 0.15) is 24.8 Å². The van der Waals surface area contributed by atoms with E-state index in [1.807, 2.05) is 18.2 Å². The van der Waals surface area contributed by atoms with Crippen LogP contribution in [0.2, 0.25) is 5.02 Å². The predicted octanol–water partition coefficient (Wildman–Crippen LogP) is 3.72. The predicted molar refractivity (Wildman–Crippen MR) is 79.8 cm³/mol. The number of ether oxygens (including phenoxy) is 1. The third-order valence-corrected chi connectivity index (χ3v) is 5.00. The van der Waals surface area contributed by atoms with Crippen LogP contribution >= 0.6 is 23.4 Å². The molecular weight excluding hydrogens is 266 g/mol. The van der Waals surface area contributed by atoms with Crippen LogP contribution in [0.5, 0.6) is 5.75 Å². The lowest BCUT2D eigenvalue weighted by molar-refractivity contribution is 0.407. The number of hydrogen-bond acceptors (Lipinski definition) is 3. The van der Waals surface area contributed by atoms with Crippen molar-refractivity contribution in [2.75, 3.05) is 19.4 Å². The number of methoxy groups -OCH3 is 1. The van der Waals surface area contributed by atoms with Gasteiger partial charge in [-0.15, -0.1) is 0 Å². The summed E-state index contributed by atoms with van der Waals surface area (Å²) in [6.07, 6.45) is 4.07. The van der Waals surface area contributed by atoms with Gasteiger partial charge in [-0.2, -0.15) is 11.8 Å². The van der Waals surface area contributed by atoms with Crippen LogP contribution in [-0.4, -0.2) is 24.7 Å². The maximum atomic E-state index is 6.20. The minimum absolute atomic E-state index is 0.757. The van der Waals surface area contributed by atoms with Crippen LogP contribution in [-0.2, 0) is 6.54 Å². The molecular formula is C14H20ClNOS. The Morgan fingerprint density at radius 1 is 1.44 bits per heavy atom. The molecule has 0 saturated carbocycles. The molecule has 1 heterocycles. The SMILES string of the molecule is COc1cccc(Cl)c1CNCC1CCCCS1. The minimum Gasteiger partial charge on any atom is -0.496 e. The third kappa shape index (κ3) is 3.81. The molecule has 1 fully saturated rings. The zero-order chi connectivity index (χ0) is 12.8. The van der Waals surface area contributed by atoms with Gasteiger partial charge in [0.15, 0.2) is 0 Å². The highest BCUT2D eigenvalue weighted by Gasteiger charge is 2.14. The number of benzene rings is 1. The highest BCUT2D eigenvalue weighted by atomic mass is 35.5. The average Bonchev–Trinajstić information content (AvgIpc) is 2.41. The molecule has 0 bridgehead atoms. The van der Waals surface area contributed by atoms with Gasteiger partial charge in [0.2, 0.25) is 0 Å². The van der Waals surface area contributed by atoms with Gasteiger partial charge in [-0.3, -0.25) is 0 Å². The second-order valence-electron chi connectivity index (χ2n) is 4.54. The van der Waals surface area contributed by atoms with Gasteiger partial charge in [-0.25, -0.2) is 0 Å². The first kappa shape index (κ1) is 14.0. The van der Waals surface area contributed by atoms with Gasteiger partial charge in [0.1, 0.15) is 5.75 Å². The van der Waals surface area contributed by atoms with E-state index in [2.05, 4.69) is 17.1 Å². The molecule has 1 unspecified atom stereocenters. The lowest BCUT2D eigenvalue weighted by Crippen LogP contribution is -2.26. The Morgan fingerprint density at radius 2 is 2.33 bits per heavy atom. The van der Waals surface area contributed by atoms with Crippen molar-refractivity contribution in [2.24, 2.45) is 0 Å². The highest BCUT2D eigenvalue weighted by molar-refractivity contribution is 7.99. The minimum atomic E-state index is 0.757. The fraction of sp³-hybridized carbons (Fsp3) is 0.571. The van der Waals surface area contributed by atoms with E-state index in [0.717, 1.165) is 34.7 Å². The van der Waals surface area contributed by atoms with Crippen LogP contribution in [0.3, 0.4) is 0 Å². The van der Waals surface area contributed by atoms with Crippen molar-refractivity contribution in [1.29, 1.82) is 0 Å². The summed E-state index contributed by atoms with van der Waals surface area (Å²) in [5.74, 6) is 2.17. The van der Waals surface area contributed by atoms with Crippen LogP contribution in [0.4, 0.5) is 0 Å². The molecule has 2 rings (SSSR count). The van der Waals surface area contributed by atoms with Crippen molar-refractivity contribution < 1.29 is 4.74 Å². The summed E-state index contributed by atoms with van der Waals surface area (Å²) in [5.41, 5.74) is 1.06. The molecule has 0 spiro atoms. The smallest absolute Gasteiger partial charge is 0.124 e. The molecule has 1 aromatic carbocycles. The molecule has 0 amide bonds. The van der Waals surface area contributed by atoms with Gasteiger partial charge >= 0.3 is 0 Å². The molecule has 2 nitrogen and oxygen atoms in total. The van der Waals surface area contributed by atoms with E-state index in [4.69, 9.17) is 16.3 Å². The standard InChI is InChI=1S/C14H20ClNOS/c1-17-14-7-4-6-13(15)12(14)10-16-9-11-5-2-3-8-18-11/h4,6-7,11,16H,2-3,5,8-10H2,1H3. The normalized spacial score (nSPS) is 19.8. The first-order valence-corrected chi connectivity index (χ1v) is 7.87. The second kappa shape index (κ2) is 7.27. The van der Waals surface area contributed by atoms with Crippen LogP contribution < -0.4 is 10.1 Å². The Hall–Kier alpha value is -0.380. The molecule has 100 valence electrons. The summed E-state index contributed by atoms with van der Waals surface area (Å²) in [6.45, 7) is 1.83. The van der Waals surface area contributed by atoms with E-state index in [0.29, 0.717) is 0 Å². The molecule has 0 aromatic heterocycles. The van der Waals surface area contributed by atoms with E-state index in [-0.39, 0.29) is 0 Å². The Balaban J connectivity index is 1.85. The van der Waals surface area contributed by atoms with E-state index in [1.54, 1.807) is 7.11 Å². The molecule has 18 heavy (non-hydrogen) atoms. The first-order chi connectivity index (χ1) is 8.81. The van der Waals surface area contributed by atoms with Gasteiger partial charge in [0, 0.05) is 28.9 Å². The van der Waals surface area contributed by atoms with Crippen molar-refractivity contribution in [3.05, 3.63) is 28.8 Å². The topological polar surface area (TPSA) is 21.3 Å². The first-order valence-electron chi connectivity index (χ1n) is 6.45. The zero-order valence-corrected chi connectivity index (χ0v) is 12.3. The number of nitrogens with one attached hydrogen (secondary N) is 1. The van der Waals surface area contributed by atoms with E-state index in [1.165, 1.54) is 25.0 Å². The van der Waals surface area contributed by atoms with Gasteiger partial charge < -0.3 is 10.1 Å². The Morgan fingerprint density at radius 3 is 3.06 bits per heavy atom. The maximum absolute atomic E-state index is 6.20. The largest absolute Gasteiger partial charge is 0.496 e. The van der Waals surface area contributed by atoms with Crippen LogP contribution in [0.15, 0.2) is 18.2 Å². The summed E-state index contributed by atoms with van der Waals surface area (Å²) in [6, 6.07) is 5.79. The number of halogens is 1. The third-order valence-electron chi connectivity index (χ3n) is 3.24. The molecule has 1 N–H and O–H groups in total. The quantitative estimate of drug-likeness (QED) is 0.891. The summed E-state index contributed by atoms with van der Waals surface area (Å²) in [5, 5.41) is 5.03. The van der Waals surface area contributed by atoms with Crippen LogP contribution in [0, 0.1) is 0 Å². The van der Waals surface area contributed by atoms with Crippen LogP contribution in [0.25, 0.3) is 0 Å². The molecule has 0 aliphatic carbocycles. The lowest BCUT2D eigenvalue weighted by Gasteiger charge is -2.21. The molecule has 1 aliphatic rings. The van der Waals surface area contributed by atoms with E-state index < -0.39 is 0 Å². The van der Waals surface area contributed by atoms with Gasteiger partial charge in [0.25, 0.3) is 0 Å². The summed E-state index contributed by atoms with van der Waals surface area (Å²) in [4.78, 5) is 0. The van der Waals surface area contributed by atoms with E-state index >= 15 is 0 Å². The molecule has 1 aromatic rings. The van der Waals surface area contributed by atoms with Crippen molar-refractivity contribution in [3.8, 4) is 5.75 Å². The summed E-state index contributed by atoms with van der Waals surface area (Å²) < 4.78 is 5.34. The lowest BCUT2D eigenvalue weighted by atomic mass is 10.1. The Labute approximate surface area is 118 Å². The van der Waals surface area contributed by atoms with Gasteiger partial charge in [0.05, 0.1) is 7.11 Å². The summed E-state index contributed by atoms with van der Waals surface area (Å²) >= 11 is 8.29. The number of hydrogen-bond donors (Lipinski definition) is 1. The Bertz CT molecular complexity index is 380. The molecule has 1 saturated heterocycles. The monoisotopic (exact) mass is 285 g/mol. The van der Waals surface area contributed by atoms with Crippen molar-refractivity contribution in [1.82, 2.24) is 5.32 Å². The van der Waals surface area contributed by atoms with Gasteiger partial charge in [-0.05, 0) is 30.7 Å². The number of thioether (sulfide) groups is 1. The van der Waals surface area contributed by atoms with E-state index in [9.17, 15) is 0 Å². The second-order valence-corrected chi connectivity index (χ2v) is 6.36. The Kier molecular flexibility index (Phi) is 5.67. The van der Waals surface area contributed by atoms with Crippen molar-refractivity contribution in [2.45, 2.75) is 31.1 Å². The fourth-order valence-corrected chi connectivity index (χ4v) is 3.73. The maximum Gasteiger partial charge on any atom is 0.124 e. The average molecular weight is 286 g/mol. The van der Waals surface area contributed by atoms with Crippen molar-refractivity contribution in [3.63, 3.8) is 0 Å². The zero-order valence-electron chi connectivity index (χ0n) is 10.7. The van der Waals surface area contributed by atoms with Crippen molar-refractivity contribution >= 4 is 23.4 Å². The highest BCUT2D eigenvalue weighted by Crippen LogP contribution is 2.27. The summed E-state index contributed by atoms with van der Waals surface area (Å²) in [7, 11) is 1.69. The molecule has 1 aliphatic heterocycles.